The average Bonchev–Trinajstić information content (AvgIpc) is 2.34. The molecule has 1 aromatic carbocycles. The molecule has 0 bridgehead atoms. The third-order valence-electron chi connectivity index (χ3n) is 3.90. The van der Waals surface area contributed by atoms with Crippen LogP contribution in [-0.4, -0.2) is 29.5 Å². The van der Waals surface area contributed by atoms with Crippen molar-refractivity contribution in [2.75, 3.05) is 19.6 Å². The van der Waals surface area contributed by atoms with E-state index in [1.807, 2.05) is 0 Å². The lowest BCUT2D eigenvalue weighted by Crippen LogP contribution is -2.38. The molecule has 2 rings (SSSR count). The van der Waals surface area contributed by atoms with Gasteiger partial charge >= 0.3 is 0 Å². The second-order valence-electron chi connectivity index (χ2n) is 5.26. The van der Waals surface area contributed by atoms with Crippen LogP contribution in [0.4, 0.5) is 0 Å². The lowest BCUT2D eigenvalue weighted by Gasteiger charge is -2.35. The molecule has 0 saturated carbocycles. The number of nitrogens with two attached hydrogens (primary N) is 1. The van der Waals surface area contributed by atoms with E-state index in [0.29, 0.717) is 16.8 Å². The van der Waals surface area contributed by atoms with E-state index >= 15 is 0 Å². The monoisotopic (exact) mass is 262 g/mol. The van der Waals surface area contributed by atoms with Gasteiger partial charge in [0.15, 0.2) is 0 Å². The molecule has 18 heavy (non-hydrogen) atoms. The molecule has 1 aliphatic carbocycles. The molecule has 2 nitrogen and oxygen atoms in total. The minimum absolute atomic E-state index is 0.301. The predicted molar refractivity (Wildman–Crippen MR) is 81.0 cm³/mol. The lowest BCUT2D eigenvalue weighted by molar-refractivity contribution is 0.246. The van der Waals surface area contributed by atoms with E-state index in [2.05, 4.69) is 43.0 Å². The summed E-state index contributed by atoms with van der Waals surface area (Å²) >= 11 is 5.05. The summed E-state index contributed by atoms with van der Waals surface area (Å²) in [5.41, 5.74) is 8.74. The SMILES string of the molecule is CCN(CC(C)C(N)=S)CC1Cc2ccccc21. The molecule has 0 radical (unpaired) electrons. The highest BCUT2D eigenvalue weighted by molar-refractivity contribution is 7.80. The Morgan fingerprint density at radius 2 is 2.22 bits per heavy atom. The molecule has 0 aromatic heterocycles. The fourth-order valence-electron chi connectivity index (χ4n) is 2.65. The Morgan fingerprint density at radius 1 is 1.50 bits per heavy atom. The molecule has 0 aliphatic heterocycles. The van der Waals surface area contributed by atoms with Crippen LogP contribution >= 0.6 is 12.2 Å². The van der Waals surface area contributed by atoms with Crippen molar-refractivity contribution in [1.29, 1.82) is 0 Å². The highest BCUT2D eigenvalue weighted by Gasteiger charge is 2.27. The molecule has 1 aromatic rings. The predicted octanol–water partition coefficient (Wildman–Crippen LogP) is 2.57. The number of rotatable bonds is 6. The summed E-state index contributed by atoms with van der Waals surface area (Å²) in [6.45, 7) is 7.48. The van der Waals surface area contributed by atoms with Crippen molar-refractivity contribution in [3.05, 3.63) is 35.4 Å². The van der Waals surface area contributed by atoms with Gasteiger partial charge in [0, 0.05) is 24.9 Å². The smallest absolute Gasteiger partial charge is 0.0768 e. The van der Waals surface area contributed by atoms with Gasteiger partial charge in [0.25, 0.3) is 0 Å². The van der Waals surface area contributed by atoms with Gasteiger partial charge in [0.1, 0.15) is 0 Å². The molecular formula is C15H22N2S. The molecule has 0 heterocycles. The molecule has 0 spiro atoms. The Kier molecular flexibility index (Phi) is 4.36. The van der Waals surface area contributed by atoms with Gasteiger partial charge in [-0.3, -0.25) is 0 Å². The summed E-state index contributed by atoms with van der Waals surface area (Å²) in [6.07, 6.45) is 1.22. The van der Waals surface area contributed by atoms with Crippen LogP contribution < -0.4 is 5.73 Å². The van der Waals surface area contributed by atoms with E-state index < -0.39 is 0 Å². The van der Waals surface area contributed by atoms with Crippen LogP contribution in [-0.2, 0) is 6.42 Å². The van der Waals surface area contributed by atoms with E-state index in [0.717, 1.165) is 19.6 Å². The number of hydrogen-bond acceptors (Lipinski definition) is 2. The van der Waals surface area contributed by atoms with Gasteiger partial charge in [-0.1, -0.05) is 50.3 Å². The third-order valence-corrected chi connectivity index (χ3v) is 4.31. The number of nitrogens with zero attached hydrogens (tertiary/aromatic N) is 1. The fourth-order valence-corrected chi connectivity index (χ4v) is 2.72. The summed E-state index contributed by atoms with van der Waals surface area (Å²) in [4.78, 5) is 3.09. The summed E-state index contributed by atoms with van der Waals surface area (Å²) in [6, 6.07) is 8.76. The zero-order valence-corrected chi connectivity index (χ0v) is 12.0. The molecule has 0 amide bonds. The van der Waals surface area contributed by atoms with Crippen molar-refractivity contribution in [3.63, 3.8) is 0 Å². The minimum Gasteiger partial charge on any atom is -0.393 e. The van der Waals surface area contributed by atoms with Crippen LogP contribution in [0.3, 0.4) is 0 Å². The summed E-state index contributed by atoms with van der Waals surface area (Å²) in [5.74, 6) is 0.995. The van der Waals surface area contributed by atoms with Crippen LogP contribution in [0.1, 0.15) is 30.9 Å². The Labute approximate surface area is 115 Å². The molecule has 0 fully saturated rings. The van der Waals surface area contributed by atoms with Gasteiger partial charge in [0.05, 0.1) is 4.99 Å². The normalized spacial score (nSPS) is 19.2. The van der Waals surface area contributed by atoms with Crippen molar-refractivity contribution in [3.8, 4) is 0 Å². The van der Waals surface area contributed by atoms with Gasteiger partial charge in [-0.2, -0.15) is 0 Å². The van der Waals surface area contributed by atoms with Crippen LogP contribution in [0.2, 0.25) is 0 Å². The van der Waals surface area contributed by atoms with Crippen molar-refractivity contribution in [1.82, 2.24) is 4.90 Å². The van der Waals surface area contributed by atoms with E-state index in [1.165, 1.54) is 17.5 Å². The van der Waals surface area contributed by atoms with Crippen LogP contribution in [0.25, 0.3) is 0 Å². The maximum absolute atomic E-state index is 5.70. The Hall–Kier alpha value is -0.930. The fraction of sp³-hybridized carbons (Fsp3) is 0.533. The summed E-state index contributed by atoms with van der Waals surface area (Å²) < 4.78 is 0. The van der Waals surface area contributed by atoms with E-state index in [1.54, 1.807) is 0 Å². The van der Waals surface area contributed by atoms with E-state index in [4.69, 9.17) is 18.0 Å². The van der Waals surface area contributed by atoms with Gasteiger partial charge in [-0.05, 0) is 24.1 Å². The molecular weight excluding hydrogens is 240 g/mol. The molecule has 2 N–H and O–H groups in total. The zero-order valence-electron chi connectivity index (χ0n) is 11.2. The number of likely N-dealkylation sites (N-methyl/N-ethyl adjacent to an activating group) is 1. The Morgan fingerprint density at radius 3 is 2.83 bits per heavy atom. The van der Waals surface area contributed by atoms with Gasteiger partial charge in [-0.25, -0.2) is 0 Å². The summed E-state index contributed by atoms with van der Waals surface area (Å²) in [5, 5.41) is 0. The molecule has 2 unspecified atom stereocenters. The highest BCUT2D eigenvalue weighted by Crippen LogP contribution is 2.35. The van der Waals surface area contributed by atoms with E-state index in [-0.39, 0.29) is 0 Å². The van der Waals surface area contributed by atoms with Crippen LogP contribution in [0, 0.1) is 5.92 Å². The van der Waals surface area contributed by atoms with Crippen LogP contribution in [0.15, 0.2) is 24.3 Å². The van der Waals surface area contributed by atoms with Crippen LogP contribution in [0.5, 0.6) is 0 Å². The Balaban J connectivity index is 1.91. The zero-order chi connectivity index (χ0) is 13.1. The quantitative estimate of drug-likeness (QED) is 0.799. The standard InChI is InChI=1S/C15H22N2S/c1-3-17(9-11(2)15(16)18)10-13-8-12-6-4-5-7-14(12)13/h4-7,11,13H,3,8-10H2,1-2H3,(H2,16,18). The molecule has 1 aliphatic rings. The maximum Gasteiger partial charge on any atom is 0.0768 e. The molecule has 2 atom stereocenters. The first-order valence-corrected chi connectivity index (χ1v) is 7.12. The molecule has 0 saturated heterocycles. The molecule has 3 heteroatoms. The van der Waals surface area contributed by atoms with Gasteiger partial charge in [-0.15, -0.1) is 0 Å². The Bertz CT molecular complexity index is 430. The highest BCUT2D eigenvalue weighted by atomic mass is 32.1. The average molecular weight is 262 g/mol. The number of hydrogen-bond donors (Lipinski definition) is 1. The van der Waals surface area contributed by atoms with Crippen molar-refractivity contribution < 1.29 is 0 Å². The third kappa shape index (κ3) is 2.90. The first-order chi connectivity index (χ1) is 8.61. The lowest BCUT2D eigenvalue weighted by atomic mass is 9.77. The summed E-state index contributed by atoms with van der Waals surface area (Å²) in [7, 11) is 0. The maximum atomic E-state index is 5.70. The van der Waals surface area contributed by atoms with Gasteiger partial charge < -0.3 is 10.6 Å². The number of thiocarbonyl (C=S) groups is 1. The first kappa shape index (κ1) is 13.5. The van der Waals surface area contributed by atoms with Gasteiger partial charge in [0.2, 0.25) is 0 Å². The van der Waals surface area contributed by atoms with E-state index in [9.17, 15) is 0 Å². The second kappa shape index (κ2) is 5.81. The van der Waals surface area contributed by atoms with Crippen molar-refractivity contribution >= 4 is 17.2 Å². The van der Waals surface area contributed by atoms with Crippen molar-refractivity contribution in [2.45, 2.75) is 26.2 Å². The topological polar surface area (TPSA) is 29.3 Å². The van der Waals surface area contributed by atoms with Crippen molar-refractivity contribution in [2.24, 2.45) is 11.7 Å². The molecule has 98 valence electrons. The second-order valence-corrected chi connectivity index (χ2v) is 5.73. The minimum atomic E-state index is 0.301. The first-order valence-electron chi connectivity index (χ1n) is 6.71. The number of fused-ring (bicyclic) bond motifs is 1. The largest absolute Gasteiger partial charge is 0.393 e. The number of benzene rings is 1.